The Balaban J connectivity index is 1.83. The maximum absolute atomic E-state index is 13.5. The molecule has 1 heterocycles. The van der Waals surface area contributed by atoms with Crippen LogP contribution < -0.4 is 5.32 Å². The summed E-state index contributed by atoms with van der Waals surface area (Å²) >= 11 is 3.00. The Kier molecular flexibility index (Phi) is 5.71. The van der Waals surface area contributed by atoms with Gasteiger partial charge in [0.2, 0.25) is 0 Å². The second kappa shape index (κ2) is 7.31. The van der Waals surface area contributed by atoms with Crippen LogP contribution in [-0.4, -0.2) is 55.5 Å². The number of morpholine rings is 1. The van der Waals surface area contributed by atoms with Crippen molar-refractivity contribution < 1.29 is 18.6 Å². The average Bonchev–Trinajstić information content (AvgIpc) is 2.42. The van der Waals surface area contributed by atoms with Gasteiger partial charge >= 0.3 is 0 Å². The van der Waals surface area contributed by atoms with Crippen molar-refractivity contribution in [3.63, 3.8) is 0 Å². The molecular weight excluding hydrogens is 334 g/mol. The monoisotopic (exact) mass is 350 g/mol. The van der Waals surface area contributed by atoms with Crippen molar-refractivity contribution >= 4 is 21.6 Å². The van der Waals surface area contributed by atoms with Crippen molar-refractivity contribution in [3.05, 3.63) is 28.2 Å². The highest BCUT2D eigenvalue weighted by Crippen LogP contribution is 2.23. The molecule has 0 spiro atoms. The van der Waals surface area contributed by atoms with Crippen LogP contribution in [0.2, 0.25) is 0 Å². The molecule has 1 unspecified atom stereocenters. The third-order valence-corrected chi connectivity index (χ3v) is 3.72. The van der Waals surface area contributed by atoms with Gasteiger partial charge in [0.1, 0.15) is 11.6 Å². The van der Waals surface area contributed by atoms with Crippen LogP contribution in [0.4, 0.5) is 14.5 Å². The number of hydrogen-bond donors (Lipinski definition) is 2. The molecule has 0 saturated carbocycles. The van der Waals surface area contributed by atoms with E-state index in [1.54, 1.807) is 0 Å². The molecule has 1 atom stereocenters. The molecule has 1 aliphatic rings. The molecule has 1 aromatic carbocycles. The Labute approximate surface area is 124 Å². The van der Waals surface area contributed by atoms with Crippen LogP contribution in [0.1, 0.15) is 0 Å². The number of hydrogen-bond acceptors (Lipinski definition) is 4. The van der Waals surface area contributed by atoms with Crippen molar-refractivity contribution in [1.82, 2.24) is 4.90 Å². The van der Waals surface area contributed by atoms with Crippen LogP contribution in [0.3, 0.4) is 0 Å². The van der Waals surface area contributed by atoms with Gasteiger partial charge in [0.05, 0.1) is 29.5 Å². The van der Waals surface area contributed by atoms with Gasteiger partial charge in [-0.2, -0.15) is 0 Å². The number of aliphatic hydroxyl groups excluding tert-OH is 1. The molecule has 112 valence electrons. The predicted octanol–water partition coefficient (Wildman–Crippen LogP) is 1.83. The Bertz CT molecular complexity index is 456. The molecule has 0 aliphatic carbocycles. The summed E-state index contributed by atoms with van der Waals surface area (Å²) in [7, 11) is 0. The van der Waals surface area contributed by atoms with E-state index < -0.39 is 17.7 Å². The van der Waals surface area contributed by atoms with Crippen LogP contribution in [0.25, 0.3) is 0 Å². The summed E-state index contributed by atoms with van der Waals surface area (Å²) in [6.07, 6.45) is -0.628. The molecule has 20 heavy (non-hydrogen) atoms. The van der Waals surface area contributed by atoms with Crippen LogP contribution in [0.15, 0.2) is 16.6 Å². The number of ether oxygens (including phenoxy) is 1. The highest BCUT2D eigenvalue weighted by molar-refractivity contribution is 9.10. The number of rotatable bonds is 5. The first-order chi connectivity index (χ1) is 9.56. The van der Waals surface area contributed by atoms with Gasteiger partial charge in [0, 0.05) is 32.2 Å². The van der Waals surface area contributed by atoms with Gasteiger partial charge in [-0.05, 0) is 22.0 Å². The zero-order valence-corrected chi connectivity index (χ0v) is 12.5. The van der Waals surface area contributed by atoms with Gasteiger partial charge in [-0.3, -0.25) is 4.90 Å². The number of benzene rings is 1. The van der Waals surface area contributed by atoms with E-state index in [1.807, 2.05) is 0 Å². The minimum Gasteiger partial charge on any atom is -0.390 e. The topological polar surface area (TPSA) is 44.7 Å². The summed E-state index contributed by atoms with van der Waals surface area (Å²) in [5.74, 6) is -1.33. The lowest BCUT2D eigenvalue weighted by Crippen LogP contribution is -2.42. The highest BCUT2D eigenvalue weighted by Gasteiger charge is 2.15. The fourth-order valence-corrected chi connectivity index (χ4v) is 2.38. The summed E-state index contributed by atoms with van der Waals surface area (Å²) in [4.78, 5) is 2.09. The lowest BCUT2D eigenvalue weighted by Gasteiger charge is -2.28. The number of β-amino-alcohol motifs (C(OH)–C–C–N with tert-alkyl or cyclic N) is 1. The zero-order valence-electron chi connectivity index (χ0n) is 10.9. The summed E-state index contributed by atoms with van der Waals surface area (Å²) in [6, 6.07) is 2.13. The van der Waals surface area contributed by atoms with Crippen molar-refractivity contribution in [2.75, 3.05) is 44.7 Å². The molecule has 1 aromatic rings. The smallest absolute Gasteiger partial charge is 0.149 e. The number of anilines is 1. The van der Waals surface area contributed by atoms with E-state index in [2.05, 4.69) is 26.1 Å². The SMILES string of the molecule is OC(CNc1cc(Br)c(F)cc1F)CN1CCOCC1. The number of nitrogens with zero attached hydrogens (tertiary/aromatic N) is 1. The number of aliphatic hydroxyl groups is 1. The maximum Gasteiger partial charge on any atom is 0.149 e. The van der Waals surface area contributed by atoms with Gasteiger partial charge in [-0.15, -0.1) is 0 Å². The fourth-order valence-electron chi connectivity index (χ4n) is 2.03. The minimum absolute atomic E-state index is 0.166. The van der Waals surface area contributed by atoms with Gasteiger partial charge in [0.25, 0.3) is 0 Å². The standard InChI is InChI=1S/C13H17BrF2N2O2/c14-10-5-13(12(16)6-11(10)15)17-7-9(19)8-18-1-3-20-4-2-18/h5-6,9,17,19H,1-4,7-8H2. The van der Waals surface area contributed by atoms with E-state index in [-0.39, 0.29) is 16.7 Å². The lowest BCUT2D eigenvalue weighted by molar-refractivity contribution is 0.0171. The van der Waals surface area contributed by atoms with Crippen LogP contribution in [0, 0.1) is 11.6 Å². The fraction of sp³-hybridized carbons (Fsp3) is 0.538. The lowest BCUT2D eigenvalue weighted by atomic mass is 10.2. The number of halogens is 3. The zero-order chi connectivity index (χ0) is 14.5. The average molecular weight is 351 g/mol. The maximum atomic E-state index is 13.5. The Morgan fingerprint density at radius 2 is 2.00 bits per heavy atom. The van der Waals surface area contributed by atoms with Crippen LogP contribution in [0.5, 0.6) is 0 Å². The third-order valence-electron chi connectivity index (χ3n) is 3.11. The van der Waals surface area contributed by atoms with Crippen molar-refractivity contribution in [2.24, 2.45) is 0 Å². The van der Waals surface area contributed by atoms with E-state index in [1.165, 1.54) is 6.07 Å². The molecule has 2 rings (SSSR count). The molecule has 1 fully saturated rings. The van der Waals surface area contributed by atoms with Crippen LogP contribution >= 0.6 is 15.9 Å². The first kappa shape index (κ1) is 15.6. The predicted molar refractivity (Wildman–Crippen MR) is 75.8 cm³/mol. The van der Waals surface area contributed by atoms with E-state index in [4.69, 9.17) is 4.74 Å². The molecule has 2 N–H and O–H groups in total. The van der Waals surface area contributed by atoms with Crippen LogP contribution in [-0.2, 0) is 4.74 Å². The normalized spacial score (nSPS) is 18.0. The quantitative estimate of drug-likeness (QED) is 0.795. The minimum atomic E-state index is -0.677. The highest BCUT2D eigenvalue weighted by atomic mass is 79.9. The molecule has 1 saturated heterocycles. The Hall–Kier alpha value is -0.760. The van der Waals surface area contributed by atoms with E-state index >= 15 is 0 Å². The van der Waals surface area contributed by atoms with E-state index in [0.717, 1.165) is 19.2 Å². The summed E-state index contributed by atoms with van der Waals surface area (Å²) in [6.45, 7) is 3.60. The molecule has 7 heteroatoms. The first-order valence-electron chi connectivity index (χ1n) is 6.43. The molecule has 0 radical (unpaired) electrons. The molecule has 0 aromatic heterocycles. The van der Waals surface area contributed by atoms with E-state index in [0.29, 0.717) is 19.8 Å². The molecule has 0 bridgehead atoms. The molecule has 1 aliphatic heterocycles. The van der Waals surface area contributed by atoms with E-state index in [9.17, 15) is 13.9 Å². The Morgan fingerprint density at radius 3 is 2.70 bits per heavy atom. The molecular formula is C13H17BrF2N2O2. The largest absolute Gasteiger partial charge is 0.390 e. The van der Waals surface area contributed by atoms with Crippen molar-refractivity contribution in [3.8, 4) is 0 Å². The Morgan fingerprint density at radius 1 is 1.30 bits per heavy atom. The van der Waals surface area contributed by atoms with Gasteiger partial charge in [-0.1, -0.05) is 0 Å². The molecule has 0 amide bonds. The first-order valence-corrected chi connectivity index (χ1v) is 7.22. The third kappa shape index (κ3) is 4.37. The van der Waals surface area contributed by atoms with Gasteiger partial charge in [0.15, 0.2) is 0 Å². The van der Waals surface area contributed by atoms with Gasteiger partial charge < -0.3 is 15.2 Å². The second-order valence-electron chi connectivity index (χ2n) is 4.69. The summed E-state index contributed by atoms with van der Waals surface area (Å²) in [5, 5.41) is 12.7. The number of nitrogens with one attached hydrogen (secondary N) is 1. The summed E-state index contributed by atoms with van der Waals surface area (Å²) < 4.78 is 32.0. The summed E-state index contributed by atoms with van der Waals surface area (Å²) in [5.41, 5.74) is 0.166. The van der Waals surface area contributed by atoms with Gasteiger partial charge in [-0.25, -0.2) is 8.78 Å². The van der Waals surface area contributed by atoms with Crippen molar-refractivity contribution in [2.45, 2.75) is 6.10 Å². The molecule has 4 nitrogen and oxygen atoms in total. The van der Waals surface area contributed by atoms with Crippen molar-refractivity contribution in [1.29, 1.82) is 0 Å². The second-order valence-corrected chi connectivity index (χ2v) is 5.55.